The van der Waals surface area contributed by atoms with Crippen molar-refractivity contribution in [1.82, 2.24) is 10.6 Å². The third-order valence-corrected chi connectivity index (χ3v) is 2.74. The van der Waals surface area contributed by atoms with Crippen molar-refractivity contribution in [2.24, 2.45) is 0 Å². The first-order valence-corrected chi connectivity index (χ1v) is 4.41. The van der Waals surface area contributed by atoms with E-state index in [0.717, 1.165) is 0 Å². The highest BCUT2D eigenvalue weighted by molar-refractivity contribution is 7.96. The normalized spacial score (nSPS) is 24.7. The summed E-state index contributed by atoms with van der Waals surface area (Å²) in [4.78, 5) is 21.8. The number of imide groups is 1. The second-order valence-corrected chi connectivity index (χ2v) is 4.11. The van der Waals surface area contributed by atoms with Crippen molar-refractivity contribution in [3.63, 3.8) is 0 Å². The molecule has 0 bridgehead atoms. The Kier molecular flexibility index (Phi) is 2.39. The summed E-state index contributed by atoms with van der Waals surface area (Å²) in [7, 11) is 0. The van der Waals surface area contributed by atoms with Gasteiger partial charge in [0.25, 0.3) is 5.37 Å². The van der Waals surface area contributed by atoms with E-state index in [0.29, 0.717) is 4.91 Å². The van der Waals surface area contributed by atoms with E-state index < -0.39 is 28.5 Å². The average molecular weight is 188 g/mol. The number of hydrogen-bond acceptors (Lipinski definition) is 3. The van der Waals surface area contributed by atoms with Crippen LogP contribution in [0, 0.1) is 0 Å². The predicted octanol–water partition coefficient (Wildman–Crippen LogP) is -0.566. The first-order chi connectivity index (χ1) is 5.52. The van der Waals surface area contributed by atoms with Gasteiger partial charge in [0, 0.05) is 18.1 Å². The van der Waals surface area contributed by atoms with Crippen LogP contribution in [0.15, 0.2) is 11.5 Å². The van der Waals surface area contributed by atoms with Crippen molar-refractivity contribution < 1.29 is 14.1 Å². The second kappa shape index (κ2) is 3.16. The molecule has 0 radical (unpaired) electrons. The van der Waals surface area contributed by atoms with Gasteiger partial charge >= 0.3 is 11.9 Å². The average Bonchev–Trinajstić information content (AvgIpc) is 2.28. The van der Waals surface area contributed by atoms with Crippen molar-refractivity contribution in [2.45, 2.75) is 12.3 Å². The lowest BCUT2D eigenvalue weighted by Crippen LogP contribution is -2.37. The highest BCUT2D eigenvalue weighted by Gasteiger charge is 2.39. The van der Waals surface area contributed by atoms with E-state index in [-0.39, 0.29) is 0 Å². The van der Waals surface area contributed by atoms with Gasteiger partial charge in [0.05, 0.1) is 0 Å². The topological polar surface area (TPSA) is 81.3 Å². The van der Waals surface area contributed by atoms with E-state index in [1.54, 1.807) is 0 Å². The Bertz CT molecular complexity index is 253. The lowest BCUT2D eigenvalue weighted by molar-refractivity contribution is -0.118. The van der Waals surface area contributed by atoms with E-state index >= 15 is 0 Å². The maximum absolute atomic E-state index is 11.2. The molecule has 1 fully saturated rings. The van der Waals surface area contributed by atoms with Crippen molar-refractivity contribution in [3.8, 4) is 0 Å². The summed E-state index contributed by atoms with van der Waals surface area (Å²) in [5, 5.41) is 3.23. The summed E-state index contributed by atoms with van der Waals surface area (Å²) >= 11 is -1.54. The summed E-state index contributed by atoms with van der Waals surface area (Å²) in [6.07, 6.45) is 0. The molecule has 0 saturated carbocycles. The molecule has 66 valence electrons. The maximum atomic E-state index is 11.2. The summed E-state index contributed by atoms with van der Waals surface area (Å²) in [6.45, 7) is 4.96. The largest absolute Gasteiger partial charge is 0.610 e. The number of carbonyl (C=O) groups excluding carboxylic acids is 2. The SMILES string of the molecule is C=C(C)[S+]([O-])C1NC(=O)NC1=O. The zero-order valence-corrected chi connectivity index (χ0v) is 7.23. The summed E-state index contributed by atoms with van der Waals surface area (Å²) < 4.78 is 11.2. The molecule has 0 aromatic rings. The number of rotatable bonds is 2. The summed E-state index contributed by atoms with van der Waals surface area (Å²) in [5.41, 5.74) is 0. The Hall–Kier alpha value is -1.01. The van der Waals surface area contributed by atoms with Crippen LogP contribution >= 0.6 is 0 Å². The van der Waals surface area contributed by atoms with Gasteiger partial charge in [-0.15, -0.1) is 0 Å². The molecule has 3 amide bonds. The molecule has 2 atom stereocenters. The van der Waals surface area contributed by atoms with E-state index in [1.807, 2.05) is 5.32 Å². The van der Waals surface area contributed by atoms with Crippen LogP contribution in [-0.4, -0.2) is 21.9 Å². The Labute approximate surface area is 72.4 Å². The molecule has 2 N–H and O–H groups in total. The molecule has 1 rings (SSSR count). The molecular formula is C6H8N2O3S. The van der Waals surface area contributed by atoms with Gasteiger partial charge in [-0.2, -0.15) is 0 Å². The van der Waals surface area contributed by atoms with Gasteiger partial charge in [0.1, 0.15) is 4.91 Å². The Morgan fingerprint density at radius 3 is 2.58 bits per heavy atom. The van der Waals surface area contributed by atoms with Crippen LogP contribution in [0.4, 0.5) is 4.79 Å². The molecule has 1 heterocycles. The quantitative estimate of drug-likeness (QED) is 0.450. The first-order valence-electron chi connectivity index (χ1n) is 3.20. The van der Waals surface area contributed by atoms with Gasteiger partial charge in [0.15, 0.2) is 0 Å². The molecule has 0 spiro atoms. The fourth-order valence-corrected chi connectivity index (χ4v) is 1.62. The number of carbonyl (C=O) groups is 2. The van der Waals surface area contributed by atoms with Crippen molar-refractivity contribution in [2.75, 3.05) is 0 Å². The van der Waals surface area contributed by atoms with Crippen LogP contribution in [-0.2, 0) is 16.0 Å². The van der Waals surface area contributed by atoms with Crippen LogP contribution < -0.4 is 10.6 Å². The third-order valence-electron chi connectivity index (χ3n) is 1.29. The predicted molar refractivity (Wildman–Crippen MR) is 43.4 cm³/mol. The minimum Gasteiger partial charge on any atom is -0.610 e. The number of hydrogen-bond donors (Lipinski definition) is 2. The minimum atomic E-state index is -1.54. The smallest absolute Gasteiger partial charge is 0.325 e. The fraction of sp³-hybridized carbons (Fsp3) is 0.333. The Balaban J connectivity index is 2.70. The molecule has 6 heteroatoms. The van der Waals surface area contributed by atoms with Crippen molar-refractivity contribution in [3.05, 3.63) is 11.5 Å². The van der Waals surface area contributed by atoms with Crippen LogP contribution in [0.25, 0.3) is 0 Å². The molecular weight excluding hydrogens is 180 g/mol. The van der Waals surface area contributed by atoms with Gasteiger partial charge in [-0.05, 0) is 6.58 Å². The fourth-order valence-electron chi connectivity index (χ4n) is 0.750. The molecule has 0 aromatic heterocycles. The highest BCUT2D eigenvalue weighted by atomic mass is 32.2. The molecule has 1 saturated heterocycles. The number of nitrogens with one attached hydrogen (secondary N) is 2. The number of urea groups is 1. The Morgan fingerprint density at radius 1 is 1.67 bits per heavy atom. The lowest BCUT2D eigenvalue weighted by Gasteiger charge is -2.13. The third kappa shape index (κ3) is 1.59. The molecule has 0 aromatic carbocycles. The first kappa shape index (κ1) is 9.08. The van der Waals surface area contributed by atoms with Crippen LogP contribution in [0.2, 0.25) is 0 Å². The molecule has 5 nitrogen and oxygen atoms in total. The van der Waals surface area contributed by atoms with Crippen molar-refractivity contribution in [1.29, 1.82) is 0 Å². The van der Waals surface area contributed by atoms with E-state index in [2.05, 4.69) is 11.9 Å². The van der Waals surface area contributed by atoms with E-state index in [4.69, 9.17) is 0 Å². The van der Waals surface area contributed by atoms with Gasteiger partial charge in [0.2, 0.25) is 0 Å². The van der Waals surface area contributed by atoms with Gasteiger partial charge in [-0.1, -0.05) is 0 Å². The van der Waals surface area contributed by atoms with E-state index in [1.165, 1.54) is 6.92 Å². The highest BCUT2D eigenvalue weighted by Crippen LogP contribution is 2.11. The standard InChI is InChI=1S/C6H8N2O3S/c1-3(2)12(11)5-4(9)7-6(10)8-5/h5H,1H2,2H3,(H2,7,8,9,10). The van der Waals surface area contributed by atoms with Crippen LogP contribution in [0.3, 0.4) is 0 Å². The number of amides is 3. The van der Waals surface area contributed by atoms with Gasteiger partial charge in [-0.25, -0.2) is 4.79 Å². The molecule has 12 heavy (non-hydrogen) atoms. The maximum Gasteiger partial charge on any atom is 0.325 e. The zero-order chi connectivity index (χ0) is 9.30. The molecule has 2 unspecified atom stereocenters. The van der Waals surface area contributed by atoms with Crippen molar-refractivity contribution >= 4 is 23.1 Å². The van der Waals surface area contributed by atoms with Crippen LogP contribution in [0.5, 0.6) is 0 Å². The van der Waals surface area contributed by atoms with Gasteiger partial charge < -0.3 is 4.55 Å². The monoisotopic (exact) mass is 188 g/mol. The summed E-state index contributed by atoms with van der Waals surface area (Å²) in [5.74, 6) is -0.568. The van der Waals surface area contributed by atoms with Crippen LogP contribution in [0.1, 0.15) is 6.92 Å². The molecule has 1 aliphatic rings. The lowest BCUT2D eigenvalue weighted by atomic mass is 10.6. The molecule has 0 aliphatic carbocycles. The second-order valence-electron chi connectivity index (χ2n) is 2.34. The zero-order valence-electron chi connectivity index (χ0n) is 6.42. The number of allylic oxidation sites excluding steroid dienone is 1. The Morgan fingerprint density at radius 2 is 2.25 bits per heavy atom. The van der Waals surface area contributed by atoms with E-state index in [9.17, 15) is 14.1 Å². The van der Waals surface area contributed by atoms with Gasteiger partial charge in [-0.3, -0.25) is 15.4 Å². The summed E-state index contributed by atoms with van der Waals surface area (Å²) in [6, 6.07) is -0.611. The molecule has 1 aliphatic heterocycles. The minimum absolute atomic E-state index is 0.359.